The van der Waals surface area contributed by atoms with Crippen molar-refractivity contribution in [3.8, 4) is 0 Å². The van der Waals surface area contributed by atoms with Gasteiger partial charge in [-0.15, -0.1) is 0 Å². The zero-order chi connectivity index (χ0) is 25.1. The lowest BCUT2D eigenvalue weighted by molar-refractivity contribution is -0.117. The van der Waals surface area contributed by atoms with Crippen molar-refractivity contribution >= 4 is 45.5 Å². The molecule has 2 heterocycles. The van der Waals surface area contributed by atoms with Gasteiger partial charge in [0, 0.05) is 35.4 Å². The predicted octanol–water partition coefficient (Wildman–Crippen LogP) is 5.79. The highest BCUT2D eigenvalue weighted by atomic mass is 16.5. The van der Waals surface area contributed by atoms with Gasteiger partial charge in [-0.05, 0) is 73.5 Å². The molecule has 0 unspecified atom stereocenters. The van der Waals surface area contributed by atoms with E-state index in [1.54, 1.807) is 0 Å². The summed E-state index contributed by atoms with van der Waals surface area (Å²) in [6.45, 7) is 3.60. The molecule has 182 valence electrons. The molecule has 0 atom stereocenters. The first-order valence-corrected chi connectivity index (χ1v) is 11.9. The van der Waals surface area contributed by atoms with Gasteiger partial charge in [0.25, 0.3) is 0 Å². The summed E-state index contributed by atoms with van der Waals surface area (Å²) < 4.78 is 4.83. The highest BCUT2D eigenvalue weighted by Gasteiger charge is 2.28. The number of methoxy groups -OCH3 is 1. The lowest BCUT2D eigenvalue weighted by atomic mass is 10.1. The number of benzene rings is 3. The summed E-state index contributed by atoms with van der Waals surface area (Å²) >= 11 is 0. The van der Waals surface area contributed by atoms with E-state index >= 15 is 0 Å². The Kier molecular flexibility index (Phi) is 6.49. The van der Waals surface area contributed by atoms with Crippen molar-refractivity contribution < 1.29 is 14.3 Å². The molecule has 1 aromatic heterocycles. The Labute approximate surface area is 209 Å². The van der Waals surface area contributed by atoms with Crippen LogP contribution in [-0.4, -0.2) is 43.6 Å². The number of hydrogen-bond donors (Lipinski definition) is 1. The number of carbonyl (C=O) groups is 2. The molecule has 5 rings (SSSR count). The molecule has 0 aliphatic carbocycles. The van der Waals surface area contributed by atoms with Crippen molar-refractivity contribution in [2.24, 2.45) is 10.2 Å². The maximum Gasteiger partial charge on any atom is 0.354 e. The fourth-order valence-electron chi connectivity index (χ4n) is 4.57. The fraction of sp³-hybridized carbons (Fsp3) is 0.214. The van der Waals surface area contributed by atoms with Crippen LogP contribution in [0.1, 0.15) is 23.0 Å². The molecule has 1 aliphatic heterocycles. The van der Waals surface area contributed by atoms with Crippen LogP contribution in [0.15, 0.2) is 83.0 Å². The molecule has 36 heavy (non-hydrogen) atoms. The number of aromatic nitrogens is 1. The molecule has 0 saturated carbocycles. The second kappa shape index (κ2) is 10.0. The van der Waals surface area contributed by atoms with Crippen LogP contribution in [0.25, 0.3) is 10.9 Å². The van der Waals surface area contributed by atoms with Crippen molar-refractivity contribution in [3.05, 3.63) is 84.1 Å². The van der Waals surface area contributed by atoms with Gasteiger partial charge >= 0.3 is 5.97 Å². The van der Waals surface area contributed by atoms with E-state index in [2.05, 4.69) is 15.2 Å². The number of rotatable bonds is 7. The molecule has 1 aliphatic rings. The van der Waals surface area contributed by atoms with Crippen LogP contribution in [0.3, 0.4) is 0 Å². The van der Waals surface area contributed by atoms with Crippen molar-refractivity contribution in [1.82, 2.24) is 4.98 Å². The zero-order valence-corrected chi connectivity index (χ0v) is 20.3. The molecular weight excluding hydrogens is 454 g/mol. The Bertz CT molecular complexity index is 1430. The third kappa shape index (κ3) is 4.57. The monoisotopic (exact) mass is 481 g/mol. The van der Waals surface area contributed by atoms with E-state index in [0.717, 1.165) is 45.6 Å². The van der Waals surface area contributed by atoms with E-state index in [9.17, 15) is 9.59 Å². The largest absolute Gasteiger partial charge is 0.464 e. The Balaban J connectivity index is 1.30. The Morgan fingerprint density at radius 3 is 2.42 bits per heavy atom. The number of anilines is 2. The maximum absolute atomic E-state index is 13.3. The number of hydrogen-bond acceptors (Lipinski definition) is 6. The number of ether oxygens (including phenoxy) is 1. The number of nitrogens with one attached hydrogen (secondary N) is 1. The van der Waals surface area contributed by atoms with Crippen LogP contribution in [0.2, 0.25) is 0 Å². The quantitative estimate of drug-likeness (QED) is 0.267. The van der Waals surface area contributed by atoms with Crippen LogP contribution >= 0.6 is 0 Å². The molecule has 0 bridgehead atoms. The lowest BCUT2D eigenvalue weighted by Gasteiger charge is -2.26. The number of amides is 1. The van der Waals surface area contributed by atoms with Gasteiger partial charge in [0.2, 0.25) is 5.91 Å². The van der Waals surface area contributed by atoms with Gasteiger partial charge in [0.1, 0.15) is 5.69 Å². The SMILES string of the molecule is CCN(CC(=O)N1CCc2c1ccc1[nH]c(C(=O)OC)cc21)c1ccc(N=Nc2ccccc2)cc1. The predicted molar refractivity (Wildman–Crippen MR) is 141 cm³/mol. The number of esters is 1. The van der Waals surface area contributed by atoms with Gasteiger partial charge in [0.15, 0.2) is 0 Å². The highest BCUT2D eigenvalue weighted by molar-refractivity contribution is 6.03. The number of carbonyl (C=O) groups excluding carboxylic acids is 2. The van der Waals surface area contributed by atoms with Crippen LogP contribution in [0, 0.1) is 0 Å². The smallest absolute Gasteiger partial charge is 0.354 e. The van der Waals surface area contributed by atoms with Gasteiger partial charge in [-0.1, -0.05) is 18.2 Å². The third-order valence-electron chi connectivity index (χ3n) is 6.43. The second-order valence-corrected chi connectivity index (χ2v) is 8.56. The first-order valence-electron chi connectivity index (χ1n) is 11.9. The van der Waals surface area contributed by atoms with Gasteiger partial charge in [-0.3, -0.25) is 4.79 Å². The summed E-state index contributed by atoms with van der Waals surface area (Å²) in [5.74, 6) is -0.372. The number of azo groups is 1. The first kappa shape index (κ1) is 23.3. The van der Waals surface area contributed by atoms with Crippen LogP contribution < -0.4 is 9.80 Å². The average Bonchev–Trinajstić information content (AvgIpc) is 3.55. The molecular formula is C28H27N5O3. The van der Waals surface area contributed by atoms with E-state index in [-0.39, 0.29) is 12.5 Å². The molecule has 0 radical (unpaired) electrons. The van der Waals surface area contributed by atoms with Crippen LogP contribution in [0.4, 0.5) is 22.7 Å². The van der Waals surface area contributed by atoms with Gasteiger partial charge in [-0.2, -0.15) is 10.2 Å². The van der Waals surface area contributed by atoms with E-state index < -0.39 is 5.97 Å². The molecule has 0 saturated heterocycles. The van der Waals surface area contributed by atoms with Gasteiger partial charge in [-0.25, -0.2) is 4.79 Å². The molecule has 8 nitrogen and oxygen atoms in total. The summed E-state index contributed by atoms with van der Waals surface area (Å²) in [5, 5.41) is 9.50. The Hall–Kier alpha value is -4.46. The number of aromatic amines is 1. The highest BCUT2D eigenvalue weighted by Crippen LogP contribution is 2.35. The fourth-order valence-corrected chi connectivity index (χ4v) is 4.57. The van der Waals surface area contributed by atoms with Gasteiger partial charge in [0.05, 0.1) is 25.0 Å². The summed E-state index contributed by atoms with van der Waals surface area (Å²) in [7, 11) is 1.36. The van der Waals surface area contributed by atoms with Crippen molar-refractivity contribution in [1.29, 1.82) is 0 Å². The average molecular weight is 482 g/mol. The molecule has 8 heteroatoms. The molecule has 1 amide bonds. The van der Waals surface area contributed by atoms with Crippen molar-refractivity contribution in [2.45, 2.75) is 13.3 Å². The number of fused-ring (bicyclic) bond motifs is 3. The van der Waals surface area contributed by atoms with E-state index in [1.807, 2.05) is 89.5 Å². The molecule has 3 aromatic carbocycles. The second-order valence-electron chi connectivity index (χ2n) is 8.56. The minimum Gasteiger partial charge on any atom is -0.464 e. The summed E-state index contributed by atoms with van der Waals surface area (Å²) in [6.07, 6.45) is 0.740. The number of likely N-dealkylation sites (N-methyl/N-ethyl adjacent to an activating group) is 1. The first-order chi connectivity index (χ1) is 17.6. The molecule has 0 spiro atoms. The lowest BCUT2D eigenvalue weighted by Crippen LogP contribution is -2.39. The minimum absolute atomic E-state index is 0.0338. The number of nitrogens with zero attached hydrogens (tertiary/aromatic N) is 4. The Morgan fingerprint density at radius 1 is 1.00 bits per heavy atom. The minimum atomic E-state index is -0.406. The topological polar surface area (TPSA) is 90.4 Å². The molecule has 0 fully saturated rings. The molecule has 1 N–H and O–H groups in total. The van der Waals surface area contributed by atoms with Crippen molar-refractivity contribution in [3.63, 3.8) is 0 Å². The van der Waals surface area contributed by atoms with Gasteiger partial charge < -0.3 is 19.5 Å². The maximum atomic E-state index is 13.3. The normalized spacial score (nSPS) is 12.8. The third-order valence-corrected chi connectivity index (χ3v) is 6.43. The van der Waals surface area contributed by atoms with Crippen LogP contribution in [0.5, 0.6) is 0 Å². The van der Waals surface area contributed by atoms with E-state index in [4.69, 9.17) is 4.74 Å². The standard InChI is InChI=1S/C28H27N5O3/c1-3-32(21-11-9-20(10-12-21)31-30-19-7-5-4-6-8-19)18-27(34)33-16-15-22-23-17-25(28(35)36-2)29-24(23)13-14-26(22)33/h4-14,17,29H,3,15-16,18H2,1-2H3. The summed E-state index contributed by atoms with van der Waals surface area (Å²) in [5.41, 5.74) is 5.75. The molecule has 4 aromatic rings. The van der Waals surface area contributed by atoms with E-state index in [0.29, 0.717) is 18.8 Å². The van der Waals surface area contributed by atoms with E-state index in [1.165, 1.54) is 7.11 Å². The van der Waals surface area contributed by atoms with Crippen LogP contribution in [-0.2, 0) is 16.0 Å². The number of H-pyrrole nitrogens is 1. The van der Waals surface area contributed by atoms with Crippen molar-refractivity contribution in [2.75, 3.05) is 36.5 Å². The summed E-state index contributed by atoms with van der Waals surface area (Å²) in [6, 6.07) is 23.0. The summed E-state index contributed by atoms with van der Waals surface area (Å²) in [4.78, 5) is 32.3. The Morgan fingerprint density at radius 2 is 1.72 bits per heavy atom. The zero-order valence-electron chi connectivity index (χ0n) is 20.3.